The van der Waals surface area contributed by atoms with Crippen molar-refractivity contribution in [2.45, 2.75) is 104 Å². The third kappa shape index (κ3) is 10.6. The number of nitrogens with zero attached hydrogens (tertiary/aromatic N) is 5. The number of aliphatic carboxylic acids is 2. The van der Waals surface area contributed by atoms with Crippen molar-refractivity contribution < 1.29 is 19.8 Å². The fourth-order valence-corrected chi connectivity index (χ4v) is 3.83. The second-order valence-corrected chi connectivity index (χ2v) is 8.40. The highest BCUT2D eigenvalue weighted by molar-refractivity contribution is 5.69. The van der Waals surface area contributed by atoms with E-state index in [2.05, 4.69) is 53.5 Å². The quantitative estimate of drug-likeness (QED) is 0.161. The summed E-state index contributed by atoms with van der Waals surface area (Å²) < 4.78 is 0. The van der Waals surface area contributed by atoms with E-state index in [1.165, 1.54) is 6.33 Å². The van der Waals surface area contributed by atoms with Gasteiger partial charge in [-0.15, -0.1) is 0 Å². The summed E-state index contributed by atoms with van der Waals surface area (Å²) in [4.78, 5) is 35.8. The molecule has 1 heterocycles. The minimum absolute atomic E-state index is 0.00750. The first-order chi connectivity index (χ1) is 16.4. The normalized spacial score (nSPS) is 12.8. The van der Waals surface area contributed by atoms with E-state index >= 15 is 0 Å². The lowest BCUT2D eigenvalue weighted by atomic mass is 10.1. The fraction of sp³-hybridized carbons (Fsp3) is 0.783. The first-order valence-electron chi connectivity index (χ1n) is 12.6. The molecule has 0 radical (unpaired) electrons. The van der Waals surface area contributed by atoms with Crippen LogP contribution < -0.4 is 20.9 Å². The van der Waals surface area contributed by atoms with Crippen LogP contribution in [0.5, 0.6) is 0 Å². The van der Waals surface area contributed by atoms with Crippen molar-refractivity contribution >= 4 is 23.8 Å². The highest BCUT2D eigenvalue weighted by Crippen LogP contribution is 2.21. The van der Waals surface area contributed by atoms with Gasteiger partial charge in [0.1, 0.15) is 19.4 Å². The van der Waals surface area contributed by atoms with E-state index in [-0.39, 0.29) is 25.2 Å². The molecule has 0 amide bonds. The Morgan fingerprint density at radius 3 is 1.53 bits per heavy atom. The van der Waals surface area contributed by atoms with Crippen LogP contribution in [0, 0.1) is 0 Å². The molecule has 11 heteroatoms. The maximum absolute atomic E-state index is 11.3. The Balaban J connectivity index is 3.27. The second-order valence-electron chi connectivity index (χ2n) is 8.40. The van der Waals surface area contributed by atoms with Crippen LogP contribution >= 0.6 is 0 Å². The topological polar surface area (TPSA) is 144 Å². The lowest BCUT2D eigenvalue weighted by molar-refractivity contribution is -0.137. The maximum Gasteiger partial charge on any atom is 0.319 e. The van der Waals surface area contributed by atoms with E-state index in [1.54, 1.807) is 10.0 Å². The smallest absolute Gasteiger partial charge is 0.319 e. The van der Waals surface area contributed by atoms with Crippen LogP contribution in [-0.4, -0.2) is 62.3 Å². The molecule has 11 nitrogen and oxygen atoms in total. The summed E-state index contributed by atoms with van der Waals surface area (Å²) in [5, 5.41) is 21.9. The number of anilines is 2. The molecule has 0 bridgehead atoms. The van der Waals surface area contributed by atoms with Gasteiger partial charge in [-0.2, -0.15) is 15.0 Å². The highest BCUT2D eigenvalue weighted by atomic mass is 16.4. The van der Waals surface area contributed by atoms with Crippen LogP contribution in [0.25, 0.3) is 0 Å². The van der Waals surface area contributed by atoms with E-state index in [0.29, 0.717) is 11.9 Å². The molecule has 2 unspecified atom stereocenters. The van der Waals surface area contributed by atoms with Crippen molar-refractivity contribution in [3.8, 4) is 0 Å². The Labute approximate surface area is 203 Å². The number of rotatable bonds is 20. The SMILES string of the molecule is CCCCCC(CC)N(NCC(=O)O)c1ncnc(N(NCC(=O)O)C(CC)CCCCC)n1. The van der Waals surface area contributed by atoms with Gasteiger partial charge in [0.25, 0.3) is 0 Å². The van der Waals surface area contributed by atoms with Crippen molar-refractivity contribution in [3.63, 3.8) is 0 Å². The second kappa shape index (κ2) is 17.0. The van der Waals surface area contributed by atoms with Crippen molar-refractivity contribution in [1.29, 1.82) is 0 Å². The van der Waals surface area contributed by atoms with Gasteiger partial charge in [-0.25, -0.2) is 10.9 Å². The average Bonchev–Trinajstić information content (AvgIpc) is 2.82. The van der Waals surface area contributed by atoms with E-state index in [9.17, 15) is 19.8 Å². The molecular formula is C23H43N7O4. The van der Waals surface area contributed by atoms with Gasteiger partial charge in [-0.05, 0) is 25.7 Å². The van der Waals surface area contributed by atoms with E-state index in [4.69, 9.17) is 0 Å². The largest absolute Gasteiger partial charge is 0.480 e. The number of carboxylic acids is 2. The molecule has 0 spiro atoms. The van der Waals surface area contributed by atoms with E-state index in [0.717, 1.165) is 64.2 Å². The van der Waals surface area contributed by atoms with Gasteiger partial charge in [0.2, 0.25) is 11.9 Å². The first-order valence-corrected chi connectivity index (χ1v) is 12.6. The summed E-state index contributed by atoms with van der Waals surface area (Å²) in [7, 11) is 0. The number of hydrogen-bond acceptors (Lipinski definition) is 9. The van der Waals surface area contributed by atoms with Gasteiger partial charge < -0.3 is 10.2 Å². The molecular weight excluding hydrogens is 438 g/mol. The van der Waals surface area contributed by atoms with Gasteiger partial charge in [0.05, 0.1) is 0 Å². The molecule has 1 aromatic heterocycles. The summed E-state index contributed by atoms with van der Waals surface area (Å²) in [5.74, 6) is -1.32. The molecule has 194 valence electrons. The predicted octanol–water partition coefficient (Wildman–Crippen LogP) is 3.38. The summed E-state index contributed by atoms with van der Waals surface area (Å²) in [6.45, 7) is 7.86. The molecule has 0 saturated carbocycles. The fourth-order valence-electron chi connectivity index (χ4n) is 3.83. The summed E-state index contributed by atoms with van der Waals surface area (Å²) in [6.07, 6.45) is 11.1. The highest BCUT2D eigenvalue weighted by Gasteiger charge is 2.25. The Bertz CT molecular complexity index is 667. The third-order valence-electron chi connectivity index (χ3n) is 5.73. The van der Waals surface area contributed by atoms with Crippen molar-refractivity contribution in [2.24, 2.45) is 0 Å². The monoisotopic (exact) mass is 481 g/mol. The van der Waals surface area contributed by atoms with Crippen molar-refractivity contribution in [3.05, 3.63) is 6.33 Å². The summed E-state index contributed by atoms with van der Waals surface area (Å²) >= 11 is 0. The Morgan fingerprint density at radius 2 is 1.21 bits per heavy atom. The number of hydrazine groups is 2. The van der Waals surface area contributed by atoms with Crippen LogP contribution in [0.2, 0.25) is 0 Å². The van der Waals surface area contributed by atoms with Crippen molar-refractivity contribution in [2.75, 3.05) is 23.1 Å². The maximum atomic E-state index is 11.3. The summed E-state index contributed by atoms with van der Waals surface area (Å²) in [5.41, 5.74) is 5.93. The van der Waals surface area contributed by atoms with Gasteiger partial charge >= 0.3 is 11.9 Å². The molecule has 2 atom stereocenters. The molecule has 1 rings (SSSR count). The third-order valence-corrected chi connectivity index (χ3v) is 5.73. The molecule has 1 aromatic rings. The lowest BCUT2D eigenvalue weighted by Gasteiger charge is -2.33. The molecule has 34 heavy (non-hydrogen) atoms. The van der Waals surface area contributed by atoms with Crippen LogP contribution in [0.1, 0.15) is 91.9 Å². The van der Waals surface area contributed by atoms with Gasteiger partial charge in [0.15, 0.2) is 0 Å². The number of nitrogens with one attached hydrogen (secondary N) is 2. The predicted molar refractivity (Wildman–Crippen MR) is 133 cm³/mol. The average molecular weight is 482 g/mol. The minimum atomic E-state index is -0.977. The van der Waals surface area contributed by atoms with Gasteiger partial charge in [-0.1, -0.05) is 66.2 Å². The van der Waals surface area contributed by atoms with E-state index < -0.39 is 11.9 Å². The van der Waals surface area contributed by atoms with Crippen LogP contribution in [0.4, 0.5) is 11.9 Å². The standard InChI is InChI=1S/C23H43N7O4/c1-5-9-11-13-18(7-3)29(26-15-20(31)32)22-24-17-25-23(28-22)30(27-16-21(33)34)19(8-4)14-12-10-6-2/h17-19,26-27H,5-16H2,1-4H3,(H,31,32)(H,33,34). The Kier molecular flexibility index (Phi) is 14.7. The molecule has 0 aliphatic heterocycles. The molecule has 0 aromatic carbocycles. The summed E-state index contributed by atoms with van der Waals surface area (Å²) in [6, 6.07) is 0.0150. The number of unbranched alkanes of at least 4 members (excludes halogenated alkanes) is 4. The van der Waals surface area contributed by atoms with Crippen LogP contribution in [-0.2, 0) is 9.59 Å². The zero-order valence-electron chi connectivity index (χ0n) is 21.2. The molecule has 0 saturated heterocycles. The molecule has 4 N–H and O–H groups in total. The number of carboxylic acid groups (broad SMARTS) is 2. The minimum Gasteiger partial charge on any atom is -0.480 e. The Morgan fingerprint density at radius 1 is 0.794 bits per heavy atom. The van der Waals surface area contributed by atoms with Gasteiger partial charge in [0, 0.05) is 12.1 Å². The van der Waals surface area contributed by atoms with E-state index in [1.807, 2.05) is 0 Å². The zero-order valence-corrected chi connectivity index (χ0v) is 21.2. The van der Waals surface area contributed by atoms with Crippen LogP contribution in [0.3, 0.4) is 0 Å². The van der Waals surface area contributed by atoms with Crippen molar-refractivity contribution in [1.82, 2.24) is 25.8 Å². The zero-order chi connectivity index (χ0) is 25.3. The first kappa shape index (κ1) is 29.5. The number of carbonyl (C=O) groups is 2. The molecule has 0 aliphatic carbocycles. The molecule has 0 fully saturated rings. The van der Waals surface area contributed by atoms with Gasteiger partial charge in [-0.3, -0.25) is 19.6 Å². The number of aromatic nitrogens is 3. The van der Waals surface area contributed by atoms with Crippen LogP contribution in [0.15, 0.2) is 6.33 Å². The molecule has 0 aliphatic rings. The number of hydrogen-bond donors (Lipinski definition) is 4. The lowest BCUT2D eigenvalue weighted by Crippen LogP contribution is -2.50. The Hall–Kier alpha value is -2.53.